The molecule has 1 saturated heterocycles. The fourth-order valence-electron chi connectivity index (χ4n) is 1.98. The number of rotatable bonds is 4. The van der Waals surface area contributed by atoms with Crippen molar-refractivity contribution in [3.63, 3.8) is 0 Å². The summed E-state index contributed by atoms with van der Waals surface area (Å²) >= 11 is 3.39. The second kappa shape index (κ2) is 6.17. The van der Waals surface area contributed by atoms with Crippen molar-refractivity contribution in [2.24, 2.45) is 0 Å². The maximum atomic E-state index is 11.6. The van der Waals surface area contributed by atoms with Crippen LogP contribution in [0.5, 0.6) is 0 Å². The van der Waals surface area contributed by atoms with Crippen LogP contribution in [0.1, 0.15) is 24.8 Å². The molecule has 92 valence electrons. The summed E-state index contributed by atoms with van der Waals surface area (Å²) in [5, 5.41) is 3.29. The quantitative estimate of drug-likeness (QED) is 0.868. The van der Waals surface area contributed by atoms with Crippen LogP contribution in [-0.4, -0.2) is 18.6 Å². The van der Waals surface area contributed by atoms with Gasteiger partial charge in [0.25, 0.3) is 0 Å². The second-order valence-corrected chi connectivity index (χ2v) is 5.20. The molecule has 1 aliphatic heterocycles. The van der Waals surface area contributed by atoms with Gasteiger partial charge in [-0.15, -0.1) is 0 Å². The molecule has 0 radical (unpaired) electrons. The van der Waals surface area contributed by atoms with Gasteiger partial charge in [0.2, 0.25) is 0 Å². The number of ether oxygens (including phenoxy) is 1. The molecule has 0 amide bonds. The number of benzene rings is 1. The Kier molecular flexibility index (Phi) is 4.57. The lowest BCUT2D eigenvalue weighted by molar-refractivity contribution is -0.145. The molecule has 1 unspecified atom stereocenters. The van der Waals surface area contributed by atoms with Gasteiger partial charge >= 0.3 is 5.97 Å². The SMILES string of the molecule is O=C(CC1CCCN1)OCc1cccc(Br)c1. The number of hydrogen-bond acceptors (Lipinski definition) is 3. The van der Waals surface area contributed by atoms with E-state index in [0.717, 1.165) is 29.4 Å². The van der Waals surface area contributed by atoms with Gasteiger partial charge in [-0.1, -0.05) is 28.1 Å². The Bertz CT molecular complexity index is 389. The standard InChI is InChI=1S/C13H16BrNO2/c14-11-4-1-3-10(7-11)9-17-13(16)8-12-5-2-6-15-12/h1,3-4,7,12,15H,2,5-6,8-9H2. The van der Waals surface area contributed by atoms with Gasteiger partial charge in [-0.25, -0.2) is 0 Å². The Morgan fingerprint density at radius 2 is 2.41 bits per heavy atom. The zero-order chi connectivity index (χ0) is 12.1. The minimum atomic E-state index is -0.121. The van der Waals surface area contributed by atoms with Crippen molar-refractivity contribution < 1.29 is 9.53 Å². The first kappa shape index (κ1) is 12.6. The first-order chi connectivity index (χ1) is 8.24. The van der Waals surface area contributed by atoms with Crippen LogP contribution in [0.2, 0.25) is 0 Å². The Balaban J connectivity index is 1.75. The Morgan fingerprint density at radius 3 is 3.12 bits per heavy atom. The van der Waals surface area contributed by atoms with Crippen LogP contribution in [0.25, 0.3) is 0 Å². The average molecular weight is 298 g/mol. The van der Waals surface area contributed by atoms with E-state index in [1.54, 1.807) is 0 Å². The number of hydrogen-bond donors (Lipinski definition) is 1. The summed E-state index contributed by atoms with van der Waals surface area (Å²) in [7, 11) is 0. The summed E-state index contributed by atoms with van der Waals surface area (Å²) in [6.07, 6.45) is 2.71. The lowest BCUT2D eigenvalue weighted by Crippen LogP contribution is -2.25. The summed E-state index contributed by atoms with van der Waals surface area (Å²) in [6, 6.07) is 8.11. The number of nitrogens with one attached hydrogen (secondary N) is 1. The third-order valence-corrected chi connectivity index (χ3v) is 3.36. The largest absolute Gasteiger partial charge is 0.461 e. The first-order valence-corrected chi connectivity index (χ1v) is 6.67. The molecule has 0 aliphatic carbocycles. The molecular formula is C13H16BrNO2. The molecule has 1 aliphatic rings. The molecule has 1 atom stereocenters. The van der Waals surface area contributed by atoms with Crippen molar-refractivity contribution in [3.8, 4) is 0 Å². The highest BCUT2D eigenvalue weighted by molar-refractivity contribution is 9.10. The van der Waals surface area contributed by atoms with Crippen molar-refractivity contribution in [3.05, 3.63) is 34.3 Å². The first-order valence-electron chi connectivity index (χ1n) is 5.87. The lowest BCUT2D eigenvalue weighted by Gasteiger charge is -2.10. The lowest BCUT2D eigenvalue weighted by atomic mass is 10.1. The van der Waals surface area contributed by atoms with E-state index in [9.17, 15) is 4.79 Å². The molecule has 3 nitrogen and oxygen atoms in total. The van der Waals surface area contributed by atoms with Gasteiger partial charge in [-0.2, -0.15) is 0 Å². The fourth-order valence-corrected chi connectivity index (χ4v) is 2.43. The van der Waals surface area contributed by atoms with Crippen LogP contribution in [-0.2, 0) is 16.1 Å². The molecule has 0 aromatic heterocycles. The van der Waals surface area contributed by atoms with E-state index < -0.39 is 0 Å². The zero-order valence-corrected chi connectivity index (χ0v) is 11.2. The minimum Gasteiger partial charge on any atom is -0.461 e. The van der Waals surface area contributed by atoms with E-state index in [0.29, 0.717) is 19.1 Å². The van der Waals surface area contributed by atoms with E-state index >= 15 is 0 Å². The van der Waals surface area contributed by atoms with Crippen molar-refractivity contribution in [1.29, 1.82) is 0 Å². The van der Waals surface area contributed by atoms with Crippen molar-refractivity contribution in [2.45, 2.75) is 31.9 Å². The maximum absolute atomic E-state index is 11.6. The predicted octanol–water partition coefficient (Wildman–Crippen LogP) is 2.63. The monoisotopic (exact) mass is 297 g/mol. The van der Waals surface area contributed by atoms with Crippen LogP contribution < -0.4 is 5.32 Å². The summed E-state index contributed by atoms with van der Waals surface area (Å²) in [5.41, 5.74) is 1.01. The summed E-state index contributed by atoms with van der Waals surface area (Å²) in [5.74, 6) is -0.121. The van der Waals surface area contributed by atoms with E-state index in [4.69, 9.17) is 4.74 Å². The van der Waals surface area contributed by atoms with Gasteiger partial charge in [-0.3, -0.25) is 4.79 Å². The van der Waals surface area contributed by atoms with E-state index in [1.165, 1.54) is 0 Å². The van der Waals surface area contributed by atoms with Crippen LogP contribution >= 0.6 is 15.9 Å². The van der Waals surface area contributed by atoms with E-state index in [1.807, 2.05) is 24.3 Å². The van der Waals surface area contributed by atoms with Gasteiger partial charge in [0, 0.05) is 10.5 Å². The molecule has 17 heavy (non-hydrogen) atoms. The molecule has 1 fully saturated rings. The molecule has 1 aromatic rings. The van der Waals surface area contributed by atoms with Crippen LogP contribution in [0.15, 0.2) is 28.7 Å². The van der Waals surface area contributed by atoms with Gasteiger partial charge in [0.1, 0.15) is 6.61 Å². The van der Waals surface area contributed by atoms with Gasteiger partial charge in [-0.05, 0) is 37.1 Å². The predicted molar refractivity (Wildman–Crippen MR) is 69.6 cm³/mol. The average Bonchev–Trinajstić information content (AvgIpc) is 2.79. The highest BCUT2D eigenvalue weighted by Gasteiger charge is 2.18. The Labute approximate surface area is 110 Å². The summed E-state index contributed by atoms with van der Waals surface area (Å²) < 4.78 is 6.25. The Hall–Kier alpha value is -0.870. The fraction of sp³-hybridized carbons (Fsp3) is 0.462. The van der Waals surface area contributed by atoms with Crippen molar-refractivity contribution >= 4 is 21.9 Å². The third-order valence-electron chi connectivity index (χ3n) is 2.86. The molecule has 2 rings (SSSR count). The van der Waals surface area contributed by atoms with Crippen molar-refractivity contribution in [2.75, 3.05) is 6.54 Å². The number of carbonyl (C=O) groups excluding carboxylic acids is 1. The molecule has 0 saturated carbocycles. The topological polar surface area (TPSA) is 38.3 Å². The third kappa shape index (κ3) is 4.13. The molecular weight excluding hydrogens is 282 g/mol. The van der Waals surface area contributed by atoms with Crippen LogP contribution in [0.3, 0.4) is 0 Å². The highest BCUT2D eigenvalue weighted by Crippen LogP contribution is 2.13. The van der Waals surface area contributed by atoms with Crippen molar-refractivity contribution in [1.82, 2.24) is 5.32 Å². The highest BCUT2D eigenvalue weighted by atomic mass is 79.9. The van der Waals surface area contributed by atoms with Gasteiger partial charge in [0.05, 0.1) is 6.42 Å². The Morgan fingerprint density at radius 1 is 1.53 bits per heavy atom. The maximum Gasteiger partial charge on any atom is 0.307 e. The molecule has 1 heterocycles. The summed E-state index contributed by atoms with van der Waals surface area (Å²) in [6.45, 7) is 1.37. The second-order valence-electron chi connectivity index (χ2n) is 4.29. The van der Waals surface area contributed by atoms with E-state index in [-0.39, 0.29) is 5.97 Å². The number of esters is 1. The van der Waals surface area contributed by atoms with Crippen LogP contribution in [0, 0.1) is 0 Å². The molecule has 0 spiro atoms. The minimum absolute atomic E-state index is 0.121. The number of carbonyl (C=O) groups is 1. The zero-order valence-electron chi connectivity index (χ0n) is 9.62. The van der Waals surface area contributed by atoms with Crippen LogP contribution in [0.4, 0.5) is 0 Å². The number of halogens is 1. The smallest absolute Gasteiger partial charge is 0.307 e. The van der Waals surface area contributed by atoms with Gasteiger partial charge < -0.3 is 10.1 Å². The molecule has 0 bridgehead atoms. The van der Waals surface area contributed by atoms with E-state index in [2.05, 4.69) is 21.2 Å². The summed E-state index contributed by atoms with van der Waals surface area (Å²) in [4.78, 5) is 11.6. The molecule has 4 heteroatoms. The molecule has 1 N–H and O–H groups in total. The normalized spacial score (nSPS) is 19.2. The van der Waals surface area contributed by atoms with Gasteiger partial charge in [0.15, 0.2) is 0 Å². The molecule has 1 aromatic carbocycles.